The summed E-state index contributed by atoms with van der Waals surface area (Å²) in [6.45, 7) is -5.97. The van der Waals surface area contributed by atoms with Crippen molar-refractivity contribution in [3.8, 4) is 0 Å². The maximum atomic E-state index is 13.8. The first-order valence-electron chi connectivity index (χ1n) is 16.0. The third-order valence-electron chi connectivity index (χ3n) is 5.79. The van der Waals surface area contributed by atoms with E-state index in [2.05, 4.69) is 5.32 Å². The highest BCUT2D eigenvalue weighted by molar-refractivity contribution is 7.89. The van der Waals surface area contributed by atoms with Crippen LogP contribution in [0.5, 0.6) is 0 Å². The largest absolute Gasteiger partial charge is 0.443 e. The Morgan fingerprint density at radius 2 is 2.00 bits per heavy atom. The molecule has 10 nitrogen and oxygen atoms in total. The van der Waals surface area contributed by atoms with Crippen LogP contribution in [0.25, 0.3) is 0 Å². The smallest absolute Gasteiger partial charge is 0.407 e. The number of nitrogens with one attached hydrogen (secondary N) is 1. The summed E-state index contributed by atoms with van der Waals surface area (Å²) in [6.07, 6.45) is -10.4. The van der Waals surface area contributed by atoms with E-state index in [1.54, 1.807) is 44.2 Å². The van der Waals surface area contributed by atoms with Crippen LogP contribution >= 0.6 is 0 Å². The average Bonchev–Trinajstić information content (AvgIpc) is 3.33. The highest BCUT2D eigenvalue weighted by Crippen LogP contribution is 2.33. The van der Waals surface area contributed by atoms with Gasteiger partial charge in [0.05, 0.1) is 44.3 Å². The molecule has 0 bridgehead atoms. The molecule has 5 atom stereocenters. The first kappa shape index (κ1) is 19.4. The van der Waals surface area contributed by atoms with E-state index in [1.165, 1.54) is 12.1 Å². The molecule has 11 heteroatoms. The monoisotopic (exact) mass is 555 g/mol. The summed E-state index contributed by atoms with van der Waals surface area (Å²) in [6, 6.07) is 10.9. The SMILES string of the molecule is [2H]C1([2H])C[C@@H]2[C@H](O1)OC([2H])([2H])[C@]2([2H])OC(=O)N[C@@H](Cc1ccccc1)[C@@]([2H])(O)C([2H])([2H])N(CC(C)C)S(=O)(=O)c1ccc(N)cc1. The zero-order valence-corrected chi connectivity index (χ0v) is 21.8. The molecule has 208 valence electrons. The Morgan fingerprint density at radius 1 is 1.29 bits per heavy atom. The molecule has 0 saturated carbocycles. The molecule has 2 fully saturated rings. The van der Waals surface area contributed by atoms with E-state index in [1.807, 2.05) is 0 Å². The van der Waals surface area contributed by atoms with Crippen LogP contribution in [0, 0.1) is 11.8 Å². The molecule has 2 aliphatic heterocycles. The molecule has 0 unspecified atom stereocenters. The normalized spacial score (nSPS) is 31.7. The van der Waals surface area contributed by atoms with Gasteiger partial charge in [-0.25, -0.2) is 13.2 Å². The molecule has 0 aromatic heterocycles. The first-order valence-corrected chi connectivity index (χ1v) is 13.5. The van der Waals surface area contributed by atoms with E-state index in [0.717, 1.165) is 12.1 Å². The molecule has 2 aromatic rings. The fourth-order valence-electron chi connectivity index (χ4n) is 3.85. The minimum atomic E-state index is -4.72. The Morgan fingerprint density at radius 3 is 2.68 bits per heavy atom. The number of nitrogens with zero attached hydrogens (tertiary/aromatic N) is 1. The number of amides is 1. The van der Waals surface area contributed by atoms with Crippen molar-refractivity contribution in [1.82, 2.24) is 9.62 Å². The molecular weight excluding hydrogens is 510 g/mol. The third kappa shape index (κ3) is 7.03. The maximum Gasteiger partial charge on any atom is 0.407 e. The fourth-order valence-corrected chi connectivity index (χ4v) is 5.30. The number of hydrogen-bond acceptors (Lipinski definition) is 8. The molecule has 4 N–H and O–H groups in total. The topological polar surface area (TPSA) is 140 Å². The molecule has 0 aliphatic carbocycles. The zero-order valence-electron chi connectivity index (χ0n) is 29.0. The second-order valence-corrected chi connectivity index (χ2v) is 11.2. The Bertz CT molecular complexity index is 1520. The van der Waals surface area contributed by atoms with Crippen molar-refractivity contribution >= 4 is 21.8 Å². The van der Waals surface area contributed by atoms with Gasteiger partial charge < -0.3 is 30.4 Å². The predicted molar refractivity (Wildman–Crippen MR) is 142 cm³/mol. The number of fused-ring (bicyclic) bond motifs is 1. The van der Waals surface area contributed by atoms with Gasteiger partial charge in [0.15, 0.2) is 6.29 Å². The molecule has 38 heavy (non-hydrogen) atoms. The second-order valence-electron chi connectivity index (χ2n) is 9.30. The van der Waals surface area contributed by atoms with Gasteiger partial charge in [0.25, 0.3) is 0 Å². The summed E-state index contributed by atoms with van der Waals surface area (Å²) in [5.74, 6) is -1.90. The number of nitrogens with two attached hydrogens (primary N) is 1. The lowest BCUT2D eigenvalue weighted by molar-refractivity contribution is -0.0907. The van der Waals surface area contributed by atoms with Crippen LogP contribution < -0.4 is 11.1 Å². The first-order chi connectivity index (χ1) is 21.0. The molecule has 2 saturated heterocycles. The minimum absolute atomic E-state index is 0.246. The van der Waals surface area contributed by atoms with Crippen molar-refractivity contribution in [2.24, 2.45) is 11.8 Å². The van der Waals surface area contributed by atoms with Crippen molar-refractivity contribution in [1.29, 1.82) is 0 Å². The van der Waals surface area contributed by atoms with Gasteiger partial charge in [-0.3, -0.25) is 0 Å². The summed E-state index contributed by atoms with van der Waals surface area (Å²) in [7, 11) is -4.72. The van der Waals surface area contributed by atoms with Crippen molar-refractivity contribution < 1.29 is 43.5 Å². The van der Waals surface area contributed by atoms with Crippen molar-refractivity contribution in [3.05, 3.63) is 60.2 Å². The number of carbonyl (C=O) groups is 1. The second kappa shape index (κ2) is 12.4. The molecule has 2 aliphatic rings. The van der Waals surface area contributed by atoms with Crippen LogP contribution in [-0.2, 0) is 30.7 Å². The number of hydrogen-bond donors (Lipinski definition) is 3. The van der Waals surface area contributed by atoms with Gasteiger partial charge >= 0.3 is 6.09 Å². The van der Waals surface area contributed by atoms with Crippen molar-refractivity contribution in [3.63, 3.8) is 0 Å². The van der Waals surface area contributed by atoms with Gasteiger partial charge in [-0.15, -0.1) is 0 Å². The summed E-state index contributed by atoms with van der Waals surface area (Å²) in [4.78, 5) is 13.0. The number of benzene rings is 2. The zero-order chi connectivity index (χ0) is 34.5. The minimum Gasteiger partial charge on any atom is -0.443 e. The number of nitrogen functional groups attached to an aromatic ring is 1. The maximum absolute atomic E-state index is 13.8. The van der Waals surface area contributed by atoms with Crippen LogP contribution in [-0.4, -0.2) is 74.6 Å². The van der Waals surface area contributed by atoms with E-state index in [0.29, 0.717) is 9.87 Å². The summed E-state index contributed by atoms with van der Waals surface area (Å²) in [5, 5.41) is 13.8. The number of carbonyl (C=O) groups excluding carboxylic acids is 1. The number of anilines is 1. The van der Waals surface area contributed by atoms with E-state index in [-0.39, 0.29) is 10.6 Å². The van der Waals surface area contributed by atoms with Gasteiger partial charge in [-0.1, -0.05) is 44.2 Å². The number of sulfonamides is 1. The molecular formula is C27H37N3O7S. The number of alkyl carbamates (subject to hydrolysis) is 1. The molecule has 2 aromatic carbocycles. The van der Waals surface area contributed by atoms with Crippen molar-refractivity contribution in [2.45, 2.75) is 56.1 Å². The lowest BCUT2D eigenvalue weighted by Crippen LogP contribution is -2.51. The van der Waals surface area contributed by atoms with Crippen LogP contribution in [0.2, 0.25) is 0 Å². The van der Waals surface area contributed by atoms with Crippen LogP contribution in [0.1, 0.15) is 36.8 Å². The quantitative estimate of drug-likeness (QED) is 0.359. The van der Waals surface area contributed by atoms with Gasteiger partial charge in [0.2, 0.25) is 10.0 Å². The van der Waals surface area contributed by atoms with E-state index >= 15 is 0 Å². The molecule has 1 amide bonds. The van der Waals surface area contributed by atoms with Gasteiger partial charge in [-0.05, 0) is 48.6 Å². The van der Waals surface area contributed by atoms with Crippen LogP contribution in [0.15, 0.2) is 59.5 Å². The van der Waals surface area contributed by atoms with Gasteiger partial charge in [0.1, 0.15) is 6.08 Å². The van der Waals surface area contributed by atoms with Gasteiger partial charge in [-0.2, -0.15) is 4.31 Å². The summed E-state index contributed by atoms with van der Waals surface area (Å²) in [5.41, 5.74) is 6.33. The van der Waals surface area contributed by atoms with E-state index in [4.69, 9.17) is 30.9 Å². The van der Waals surface area contributed by atoms with Crippen LogP contribution in [0.3, 0.4) is 0 Å². The molecule has 0 radical (unpaired) electrons. The van der Waals surface area contributed by atoms with E-state index < -0.39 is 91.4 Å². The molecule has 0 spiro atoms. The average molecular weight is 556 g/mol. The third-order valence-corrected chi connectivity index (χ3v) is 7.48. The predicted octanol–water partition coefficient (Wildman–Crippen LogP) is 2.38. The van der Waals surface area contributed by atoms with Crippen molar-refractivity contribution in [2.75, 3.05) is 31.9 Å². The Labute approximate surface area is 235 Å². The summed E-state index contributed by atoms with van der Waals surface area (Å²) < 4.78 is 111. The Balaban J connectivity index is 1.71. The number of aliphatic hydroxyl groups is 1. The fraction of sp³-hybridized carbons (Fsp3) is 0.519. The highest BCUT2D eigenvalue weighted by Gasteiger charge is 2.44. The Kier molecular flexibility index (Phi) is 6.34. The molecule has 4 rings (SSSR count). The van der Waals surface area contributed by atoms with Gasteiger partial charge in [0, 0.05) is 21.5 Å². The lowest BCUT2D eigenvalue weighted by atomic mass is 10.0. The Hall–Kier alpha value is -2.70. The highest BCUT2D eigenvalue weighted by atomic mass is 32.2. The standard InChI is InChI=1S/C27H37N3O7S/c1-18(2)15-30(38(33,34)21-10-8-20(28)9-11-21)16-24(31)23(14-19-6-4-3-5-7-19)29-27(32)37-25-17-36-26-22(25)12-13-35-26/h3-11,18,22-26,31H,12-17,28H2,1-2H3,(H,29,32)/t22-,23-,24-,25-,26+/m0/s1/i13D2,16D2,17D2,24D,25D. The number of rotatable bonds is 11. The van der Waals surface area contributed by atoms with Crippen LogP contribution in [0.4, 0.5) is 10.5 Å². The lowest BCUT2D eigenvalue weighted by Gasteiger charge is -2.31. The molecule has 2 heterocycles. The van der Waals surface area contributed by atoms with E-state index in [9.17, 15) is 18.3 Å². The number of ether oxygens (including phenoxy) is 3. The summed E-state index contributed by atoms with van der Waals surface area (Å²) >= 11 is 0.